The van der Waals surface area contributed by atoms with E-state index in [1.54, 1.807) is 11.3 Å². The Bertz CT molecular complexity index is 1270. The Morgan fingerprint density at radius 1 is 0.395 bits per heavy atom. The highest BCUT2D eigenvalue weighted by atomic mass is 32.1. The van der Waals surface area contributed by atoms with Crippen molar-refractivity contribution in [1.29, 1.82) is 0 Å². The lowest BCUT2D eigenvalue weighted by atomic mass is 10.1. The average Bonchev–Trinajstić information content (AvgIpc) is 3.83. The summed E-state index contributed by atoms with van der Waals surface area (Å²) in [6.07, 6.45) is 16.5. The van der Waals surface area contributed by atoms with Crippen LogP contribution in [0.25, 0.3) is 18.2 Å². The molecule has 0 aliphatic heterocycles. The van der Waals surface area contributed by atoms with Crippen molar-refractivity contribution < 1.29 is 0 Å². The van der Waals surface area contributed by atoms with E-state index >= 15 is 0 Å². The lowest BCUT2D eigenvalue weighted by Gasteiger charge is -1.93. The van der Waals surface area contributed by atoms with Crippen molar-refractivity contribution in [3.8, 4) is 0 Å². The number of rotatable bonds is 0. The lowest BCUT2D eigenvalue weighted by molar-refractivity contribution is 0.570. The minimum atomic E-state index is 1.12. The molecule has 0 saturated carbocycles. The second-order valence-electron chi connectivity index (χ2n) is 8.25. The lowest BCUT2D eigenvalue weighted by Crippen LogP contribution is -1.96. The Morgan fingerprint density at radius 2 is 0.711 bits per heavy atom. The summed E-state index contributed by atoms with van der Waals surface area (Å²) in [6.45, 7) is 0. The zero-order chi connectivity index (χ0) is 26.1. The molecule has 0 unspecified atom stereocenters. The number of benzene rings is 3. The molecule has 6 nitrogen and oxygen atoms in total. The second-order valence-corrected chi connectivity index (χ2v) is 9.06. The highest BCUT2D eigenvalue weighted by Crippen LogP contribution is 2.19. The van der Waals surface area contributed by atoms with Crippen LogP contribution in [0.3, 0.4) is 0 Å². The fourth-order valence-corrected chi connectivity index (χ4v) is 4.37. The van der Waals surface area contributed by atoms with Crippen LogP contribution in [0.1, 0.15) is 33.4 Å². The van der Waals surface area contributed by atoms with Crippen LogP contribution in [-0.2, 0) is 19.3 Å². The van der Waals surface area contributed by atoms with E-state index in [-0.39, 0.29) is 0 Å². The fraction of sp³-hybridized carbons (Fsp3) is 0.0968. The second kappa shape index (κ2) is 15.5. The molecule has 3 aliphatic carbocycles. The summed E-state index contributed by atoms with van der Waals surface area (Å²) in [5, 5.41) is 22.1. The summed E-state index contributed by atoms with van der Waals surface area (Å²) >= 11 is 1.71. The molecule has 2 heterocycles. The summed E-state index contributed by atoms with van der Waals surface area (Å²) in [5.74, 6) is 0. The third-order valence-corrected chi connectivity index (χ3v) is 6.36. The van der Waals surface area contributed by atoms with Crippen molar-refractivity contribution in [2.75, 3.05) is 0 Å². The molecular weight excluding hydrogens is 488 g/mol. The largest absolute Gasteiger partial charge is 0.152 e. The first kappa shape index (κ1) is 26.4. The maximum absolute atomic E-state index is 3.00. The van der Waals surface area contributed by atoms with E-state index in [0.717, 1.165) is 19.3 Å². The molecule has 0 amide bonds. The molecule has 3 aliphatic rings. The molecule has 0 fully saturated rings. The third kappa shape index (κ3) is 8.80. The van der Waals surface area contributed by atoms with Gasteiger partial charge in [0.25, 0.3) is 0 Å². The van der Waals surface area contributed by atoms with Gasteiger partial charge in [-0.25, -0.2) is 0 Å². The predicted octanol–water partition coefficient (Wildman–Crippen LogP) is 6.57. The fourth-order valence-electron chi connectivity index (χ4n) is 3.92. The first-order valence-electron chi connectivity index (χ1n) is 12.3. The third-order valence-electron chi connectivity index (χ3n) is 5.74. The maximum atomic E-state index is 3.00. The number of nitrogens with zero attached hydrogens (tertiary/aromatic N) is 6. The molecule has 0 radical (unpaired) electrons. The Balaban J connectivity index is 0.000000113. The number of hydrogen-bond acceptors (Lipinski definition) is 7. The van der Waals surface area contributed by atoms with Gasteiger partial charge in [0.2, 0.25) is 0 Å². The Kier molecular flexibility index (Phi) is 10.8. The zero-order valence-corrected chi connectivity index (χ0v) is 21.7. The van der Waals surface area contributed by atoms with Gasteiger partial charge in [0.1, 0.15) is 0 Å². The van der Waals surface area contributed by atoms with Crippen LogP contribution < -0.4 is 0 Å². The molecule has 7 heteroatoms. The van der Waals surface area contributed by atoms with Crippen molar-refractivity contribution in [2.45, 2.75) is 19.3 Å². The van der Waals surface area contributed by atoms with Crippen molar-refractivity contribution in [1.82, 2.24) is 31.3 Å². The minimum Gasteiger partial charge on any atom is -0.152 e. The van der Waals surface area contributed by atoms with Crippen LogP contribution >= 0.6 is 11.3 Å². The average molecular weight is 517 g/mol. The van der Waals surface area contributed by atoms with Gasteiger partial charge in [-0.2, -0.15) is 11.3 Å². The van der Waals surface area contributed by atoms with Gasteiger partial charge in [0, 0.05) is 31.3 Å². The number of aromatic nitrogens is 6. The summed E-state index contributed by atoms with van der Waals surface area (Å²) in [7, 11) is 0. The smallest absolute Gasteiger partial charge is 0 e. The number of hydrogen-bond donors (Lipinski definition) is 0. The van der Waals surface area contributed by atoms with Gasteiger partial charge >= 0.3 is 0 Å². The van der Waals surface area contributed by atoms with Crippen LogP contribution in [0, 0.1) is 0 Å². The topological polar surface area (TPSA) is 77.3 Å². The maximum Gasteiger partial charge on any atom is 0 e. The molecule has 0 saturated heterocycles. The van der Waals surface area contributed by atoms with E-state index < -0.39 is 0 Å². The molecule has 0 N–H and O–H groups in total. The Hall–Kier alpha value is -4.62. The molecule has 5 aromatic rings. The van der Waals surface area contributed by atoms with Gasteiger partial charge in [-0.05, 0) is 63.4 Å². The van der Waals surface area contributed by atoms with E-state index in [2.05, 4.69) is 141 Å². The van der Waals surface area contributed by atoms with E-state index in [1.165, 1.54) is 33.4 Å². The summed E-state index contributed by atoms with van der Waals surface area (Å²) in [6, 6.07) is 29.5. The molecule has 0 atom stereocenters. The van der Waals surface area contributed by atoms with Gasteiger partial charge < -0.3 is 0 Å². The molecule has 0 bridgehead atoms. The van der Waals surface area contributed by atoms with Crippen molar-refractivity contribution in [3.05, 3.63) is 147 Å². The predicted molar refractivity (Wildman–Crippen MR) is 155 cm³/mol. The summed E-state index contributed by atoms with van der Waals surface area (Å²) in [4.78, 5) is 0. The van der Waals surface area contributed by atoms with Gasteiger partial charge in [-0.1, -0.05) is 121 Å². The molecule has 2 aromatic heterocycles. The summed E-state index contributed by atoms with van der Waals surface area (Å²) in [5.41, 5.74) is 8.53. The highest BCUT2D eigenvalue weighted by Gasteiger charge is 2.01. The normalized spacial score (nSPS) is 12.1. The monoisotopic (exact) mass is 516 g/mol. The first-order valence-corrected chi connectivity index (χ1v) is 13.2. The number of thiophene rings is 1. The molecule has 3 aromatic carbocycles. The first-order chi connectivity index (χ1) is 18.9. The van der Waals surface area contributed by atoms with Gasteiger partial charge in [-0.3, -0.25) is 0 Å². The van der Waals surface area contributed by atoms with Crippen molar-refractivity contribution >= 4 is 29.6 Å². The Labute approximate surface area is 227 Å². The van der Waals surface area contributed by atoms with Gasteiger partial charge in [0.05, 0.1) is 0 Å². The van der Waals surface area contributed by atoms with Crippen molar-refractivity contribution in [2.24, 2.45) is 0 Å². The van der Waals surface area contributed by atoms with E-state index in [1.807, 2.05) is 22.9 Å². The minimum absolute atomic E-state index is 1.12. The Morgan fingerprint density at radius 3 is 0.974 bits per heavy atom. The summed E-state index contributed by atoms with van der Waals surface area (Å²) < 4.78 is 0. The van der Waals surface area contributed by atoms with Crippen LogP contribution in [-0.4, -0.2) is 31.3 Å². The SMILES string of the molecule is C1=Cc2ccccc2C1.C1=Cc2ccccc2C1.C1=Cc2ccccc2C1.c1ccsc1.n1nnnnn1. The van der Waals surface area contributed by atoms with Gasteiger partial charge in [-0.15, -0.1) is 0 Å². The molecule has 0 spiro atoms. The number of allylic oxidation sites excluding steroid dienone is 3. The molecule has 38 heavy (non-hydrogen) atoms. The van der Waals surface area contributed by atoms with Crippen LogP contribution in [0.4, 0.5) is 0 Å². The van der Waals surface area contributed by atoms with Crippen LogP contribution in [0.2, 0.25) is 0 Å². The highest BCUT2D eigenvalue weighted by molar-refractivity contribution is 7.07. The molecule has 188 valence electrons. The van der Waals surface area contributed by atoms with Crippen LogP contribution in [0.5, 0.6) is 0 Å². The van der Waals surface area contributed by atoms with Crippen LogP contribution in [0.15, 0.2) is 114 Å². The van der Waals surface area contributed by atoms with Gasteiger partial charge in [0.15, 0.2) is 0 Å². The van der Waals surface area contributed by atoms with Crippen molar-refractivity contribution in [3.63, 3.8) is 0 Å². The standard InChI is InChI=1S/3C9H8.C4H4S.N6/c3*1-2-5-9-7-3-6-8(9)4-1;1-2-4-5-3-1;1-2-4-6-5-3-1/h3*1-6H,7H2;1-4H;. The van der Waals surface area contributed by atoms with E-state index in [0.29, 0.717) is 0 Å². The molecule has 8 rings (SSSR count). The zero-order valence-electron chi connectivity index (χ0n) is 20.9. The van der Waals surface area contributed by atoms with E-state index in [9.17, 15) is 0 Å². The number of fused-ring (bicyclic) bond motifs is 3. The molecular formula is C31H28N6S. The van der Waals surface area contributed by atoms with E-state index in [4.69, 9.17) is 0 Å². The quantitative estimate of drug-likeness (QED) is 0.232.